The number of rotatable bonds is 4. The number of carbonyl (C=O) groups excluding carboxylic acids is 2. The molecule has 0 fully saturated rings. The Morgan fingerprint density at radius 1 is 1.62 bits per heavy atom. The van der Waals surface area contributed by atoms with Gasteiger partial charge in [-0.15, -0.1) is 0 Å². The molecular formula is C7H9N3O3. The van der Waals surface area contributed by atoms with Gasteiger partial charge in [0.2, 0.25) is 0 Å². The predicted octanol–water partition coefficient (Wildman–Crippen LogP) is -0.151. The van der Waals surface area contributed by atoms with Gasteiger partial charge in [-0.3, -0.25) is 0 Å². The number of urea groups is 1. The SMILES string of the molecule is [C-]#[N+]NC(=O)NCCOC(=O)C=C. The van der Waals surface area contributed by atoms with Gasteiger partial charge in [0.25, 0.3) is 0 Å². The van der Waals surface area contributed by atoms with Gasteiger partial charge in [-0.05, 0) is 5.43 Å². The third-order valence-electron chi connectivity index (χ3n) is 0.956. The van der Waals surface area contributed by atoms with Crippen molar-refractivity contribution in [2.45, 2.75) is 0 Å². The van der Waals surface area contributed by atoms with Crippen molar-refractivity contribution >= 4 is 12.0 Å². The minimum atomic E-state index is -0.621. The fourth-order valence-corrected chi connectivity index (χ4v) is 0.465. The highest BCUT2D eigenvalue weighted by atomic mass is 16.5. The first-order chi connectivity index (χ1) is 6.20. The zero-order valence-electron chi connectivity index (χ0n) is 6.87. The smallest absolute Gasteiger partial charge is 0.380 e. The number of carbonyl (C=O) groups is 2. The lowest BCUT2D eigenvalue weighted by Gasteiger charge is -2.01. The number of hydrogen-bond acceptors (Lipinski definition) is 3. The summed E-state index contributed by atoms with van der Waals surface area (Å²) in [7, 11) is 0. The zero-order chi connectivity index (χ0) is 10.1. The summed E-state index contributed by atoms with van der Waals surface area (Å²) < 4.78 is 4.54. The summed E-state index contributed by atoms with van der Waals surface area (Å²) in [6.07, 6.45) is 1.03. The molecule has 0 spiro atoms. The molecule has 0 heterocycles. The van der Waals surface area contributed by atoms with Crippen molar-refractivity contribution < 1.29 is 14.3 Å². The van der Waals surface area contributed by atoms with Crippen LogP contribution in [0.4, 0.5) is 4.79 Å². The second-order valence-corrected chi connectivity index (χ2v) is 1.85. The van der Waals surface area contributed by atoms with E-state index in [2.05, 4.69) is 21.6 Å². The molecule has 0 aliphatic heterocycles. The van der Waals surface area contributed by atoms with Crippen molar-refractivity contribution in [1.82, 2.24) is 10.7 Å². The van der Waals surface area contributed by atoms with E-state index >= 15 is 0 Å². The van der Waals surface area contributed by atoms with E-state index in [4.69, 9.17) is 6.57 Å². The highest BCUT2D eigenvalue weighted by Crippen LogP contribution is 1.77. The van der Waals surface area contributed by atoms with Gasteiger partial charge < -0.3 is 10.1 Å². The summed E-state index contributed by atoms with van der Waals surface area (Å²) in [6, 6.07) is -0.621. The van der Waals surface area contributed by atoms with Crippen molar-refractivity contribution in [1.29, 1.82) is 0 Å². The van der Waals surface area contributed by atoms with Crippen molar-refractivity contribution in [3.05, 3.63) is 24.2 Å². The van der Waals surface area contributed by atoms with Crippen molar-refractivity contribution in [3.8, 4) is 0 Å². The molecule has 0 aromatic rings. The Morgan fingerprint density at radius 2 is 2.31 bits per heavy atom. The van der Waals surface area contributed by atoms with E-state index in [0.717, 1.165) is 6.08 Å². The molecule has 6 heteroatoms. The Labute approximate surface area is 75.3 Å². The molecule has 0 aromatic heterocycles. The van der Waals surface area contributed by atoms with Gasteiger partial charge in [-0.25, -0.2) is 9.59 Å². The summed E-state index contributed by atoms with van der Waals surface area (Å²) in [6.45, 7) is 9.66. The highest BCUT2D eigenvalue weighted by molar-refractivity contribution is 5.81. The molecule has 6 nitrogen and oxygen atoms in total. The summed E-state index contributed by atoms with van der Waals surface area (Å²) in [5.74, 6) is -0.549. The number of nitrogens with zero attached hydrogens (tertiary/aromatic N) is 1. The lowest BCUT2D eigenvalue weighted by Crippen LogP contribution is -2.33. The first kappa shape index (κ1) is 11.0. The van der Waals surface area contributed by atoms with Crippen LogP contribution in [-0.2, 0) is 9.53 Å². The van der Waals surface area contributed by atoms with Crippen LogP contribution in [0.5, 0.6) is 0 Å². The maximum atomic E-state index is 10.6. The Kier molecular flexibility index (Phi) is 5.63. The zero-order valence-corrected chi connectivity index (χ0v) is 6.87. The second kappa shape index (κ2) is 6.67. The molecule has 2 N–H and O–H groups in total. The van der Waals surface area contributed by atoms with E-state index in [9.17, 15) is 9.59 Å². The molecule has 0 radical (unpaired) electrons. The number of amides is 2. The molecule has 0 rings (SSSR count). The van der Waals surface area contributed by atoms with Crippen molar-refractivity contribution in [2.24, 2.45) is 0 Å². The van der Waals surface area contributed by atoms with Crippen LogP contribution in [0, 0.1) is 6.57 Å². The lowest BCUT2D eigenvalue weighted by molar-refractivity contribution is -0.137. The van der Waals surface area contributed by atoms with Crippen LogP contribution in [0.3, 0.4) is 0 Å². The topological polar surface area (TPSA) is 71.8 Å². The summed E-state index contributed by atoms with van der Waals surface area (Å²) >= 11 is 0. The van der Waals surface area contributed by atoms with E-state index in [1.54, 1.807) is 0 Å². The molecule has 0 aliphatic rings. The molecule has 0 bridgehead atoms. The predicted molar refractivity (Wildman–Crippen MR) is 44.3 cm³/mol. The van der Waals surface area contributed by atoms with Crippen LogP contribution in [-0.4, -0.2) is 25.2 Å². The third kappa shape index (κ3) is 6.37. The van der Waals surface area contributed by atoms with Gasteiger partial charge in [0.1, 0.15) is 6.61 Å². The monoisotopic (exact) mass is 183 g/mol. The van der Waals surface area contributed by atoms with E-state index in [1.165, 1.54) is 0 Å². The first-order valence-electron chi connectivity index (χ1n) is 3.40. The number of nitrogens with one attached hydrogen (secondary N) is 2. The van der Waals surface area contributed by atoms with E-state index in [1.807, 2.05) is 5.43 Å². The number of hydrogen-bond donors (Lipinski definition) is 2. The van der Waals surface area contributed by atoms with Gasteiger partial charge in [-0.2, -0.15) is 11.5 Å². The van der Waals surface area contributed by atoms with Crippen LogP contribution in [0.25, 0.3) is 4.95 Å². The van der Waals surface area contributed by atoms with E-state index in [0.29, 0.717) is 0 Å². The van der Waals surface area contributed by atoms with Crippen molar-refractivity contribution in [3.63, 3.8) is 0 Å². The van der Waals surface area contributed by atoms with Crippen LogP contribution in [0.1, 0.15) is 0 Å². The van der Waals surface area contributed by atoms with Crippen LogP contribution < -0.4 is 10.7 Å². The maximum Gasteiger partial charge on any atom is 0.380 e. The number of esters is 1. The molecule has 2 amide bonds. The molecule has 0 saturated carbocycles. The van der Waals surface area contributed by atoms with Gasteiger partial charge in [0.15, 0.2) is 0 Å². The van der Waals surface area contributed by atoms with E-state index in [-0.39, 0.29) is 13.2 Å². The third-order valence-corrected chi connectivity index (χ3v) is 0.956. The maximum absolute atomic E-state index is 10.6. The average Bonchev–Trinajstić information content (AvgIpc) is 2.12. The molecule has 0 aromatic carbocycles. The minimum absolute atomic E-state index is 0.0519. The first-order valence-corrected chi connectivity index (χ1v) is 3.40. The average molecular weight is 183 g/mol. The Hall–Kier alpha value is -2.03. The summed E-state index contributed by atoms with van der Waals surface area (Å²) in [5.41, 5.74) is 1.83. The Morgan fingerprint density at radius 3 is 2.85 bits per heavy atom. The normalized spacial score (nSPS) is 7.92. The molecule has 0 saturated heterocycles. The minimum Gasteiger partial charge on any atom is -0.461 e. The Balaban J connectivity index is 3.36. The van der Waals surface area contributed by atoms with Crippen LogP contribution in [0.15, 0.2) is 12.7 Å². The van der Waals surface area contributed by atoms with E-state index < -0.39 is 12.0 Å². The molecule has 13 heavy (non-hydrogen) atoms. The standard InChI is InChI=1S/C7H9N3O3/c1-3-6(11)13-5-4-9-7(12)10-8-2/h3H,1,4-5H2,(H2,9,10,12). The quantitative estimate of drug-likeness (QED) is 0.209. The number of ether oxygens (including phenoxy) is 1. The lowest BCUT2D eigenvalue weighted by atomic mass is 10.6. The molecule has 70 valence electrons. The van der Waals surface area contributed by atoms with Gasteiger partial charge in [0, 0.05) is 6.08 Å². The second-order valence-electron chi connectivity index (χ2n) is 1.85. The van der Waals surface area contributed by atoms with Gasteiger partial charge >= 0.3 is 12.0 Å². The fraction of sp³-hybridized carbons (Fsp3) is 0.286. The van der Waals surface area contributed by atoms with Crippen molar-refractivity contribution in [2.75, 3.05) is 13.2 Å². The molecule has 0 atom stereocenters. The molecule has 0 unspecified atom stereocenters. The Bertz CT molecular complexity index is 244. The summed E-state index contributed by atoms with van der Waals surface area (Å²) in [4.78, 5) is 23.7. The summed E-state index contributed by atoms with van der Waals surface area (Å²) in [5, 5.41) is 2.29. The fourth-order valence-electron chi connectivity index (χ4n) is 0.465. The van der Waals surface area contributed by atoms with Gasteiger partial charge in [-0.1, -0.05) is 6.58 Å². The largest absolute Gasteiger partial charge is 0.461 e. The highest BCUT2D eigenvalue weighted by Gasteiger charge is 2.00. The molecule has 0 aliphatic carbocycles. The van der Waals surface area contributed by atoms with Crippen LogP contribution >= 0.6 is 0 Å². The van der Waals surface area contributed by atoms with Crippen LogP contribution in [0.2, 0.25) is 0 Å². The molecular weight excluding hydrogens is 174 g/mol. The van der Waals surface area contributed by atoms with Gasteiger partial charge in [0.05, 0.1) is 6.54 Å².